The quantitative estimate of drug-likeness (QED) is 0.761. The summed E-state index contributed by atoms with van der Waals surface area (Å²) in [6.07, 6.45) is 0. The van der Waals surface area contributed by atoms with Crippen molar-refractivity contribution in [2.75, 3.05) is 31.1 Å². The Balaban J connectivity index is 1.53. The summed E-state index contributed by atoms with van der Waals surface area (Å²) in [6.45, 7) is 4.31. The summed E-state index contributed by atoms with van der Waals surface area (Å²) >= 11 is 0. The Morgan fingerprint density at radius 3 is 2.31 bits per heavy atom. The SMILES string of the molecule is Cc1[nH]c2ccc(F)cc2c1C(=O)N1CCN(c2ccc(F)cc2)CC1. The van der Waals surface area contributed by atoms with Crippen LogP contribution in [0.3, 0.4) is 0 Å². The summed E-state index contributed by atoms with van der Waals surface area (Å²) < 4.78 is 26.7. The van der Waals surface area contributed by atoms with E-state index in [0.29, 0.717) is 37.1 Å². The number of fused-ring (bicyclic) bond motifs is 1. The zero-order valence-corrected chi connectivity index (χ0v) is 14.4. The number of rotatable bonds is 2. The van der Waals surface area contributed by atoms with Crippen molar-refractivity contribution in [3.05, 3.63) is 65.4 Å². The third-order valence-electron chi connectivity index (χ3n) is 4.92. The molecule has 4 rings (SSSR count). The van der Waals surface area contributed by atoms with Gasteiger partial charge in [0, 0.05) is 48.5 Å². The number of anilines is 1. The standard InChI is InChI=1S/C20H19F2N3O/c1-13-19(17-12-15(22)4-7-18(17)23-13)20(26)25-10-8-24(9-11-25)16-5-2-14(21)3-6-16/h2-7,12,23H,8-11H2,1H3. The van der Waals surface area contributed by atoms with Crippen LogP contribution in [0.15, 0.2) is 42.5 Å². The maximum absolute atomic E-state index is 13.6. The van der Waals surface area contributed by atoms with Gasteiger partial charge in [-0.25, -0.2) is 8.78 Å². The van der Waals surface area contributed by atoms with Gasteiger partial charge in [0.15, 0.2) is 0 Å². The molecule has 0 bridgehead atoms. The van der Waals surface area contributed by atoms with Gasteiger partial charge in [-0.15, -0.1) is 0 Å². The topological polar surface area (TPSA) is 39.3 Å². The Morgan fingerprint density at radius 1 is 0.962 bits per heavy atom. The Bertz CT molecular complexity index is 957. The third kappa shape index (κ3) is 2.92. The van der Waals surface area contributed by atoms with Crippen molar-refractivity contribution in [1.82, 2.24) is 9.88 Å². The summed E-state index contributed by atoms with van der Waals surface area (Å²) in [5.41, 5.74) is 2.99. The average molecular weight is 355 g/mol. The number of carbonyl (C=O) groups is 1. The number of nitrogens with one attached hydrogen (secondary N) is 1. The normalized spacial score (nSPS) is 14.9. The van der Waals surface area contributed by atoms with Crippen LogP contribution >= 0.6 is 0 Å². The number of aryl methyl sites for hydroxylation is 1. The second-order valence-electron chi connectivity index (χ2n) is 6.57. The summed E-state index contributed by atoms with van der Waals surface area (Å²) in [7, 11) is 0. The first-order chi connectivity index (χ1) is 12.5. The molecule has 1 N–H and O–H groups in total. The van der Waals surface area contributed by atoms with E-state index in [1.54, 1.807) is 23.1 Å². The highest BCUT2D eigenvalue weighted by Gasteiger charge is 2.26. The molecular weight excluding hydrogens is 336 g/mol. The lowest BCUT2D eigenvalue weighted by Gasteiger charge is -2.36. The van der Waals surface area contributed by atoms with E-state index in [0.717, 1.165) is 16.9 Å². The predicted molar refractivity (Wildman–Crippen MR) is 97.5 cm³/mol. The van der Waals surface area contributed by atoms with E-state index in [9.17, 15) is 13.6 Å². The predicted octanol–water partition coefficient (Wildman–Crippen LogP) is 3.72. The second kappa shape index (κ2) is 6.44. The maximum atomic E-state index is 13.6. The number of carbonyl (C=O) groups excluding carboxylic acids is 1. The molecule has 4 nitrogen and oxygen atoms in total. The molecule has 2 heterocycles. The fourth-order valence-electron chi connectivity index (χ4n) is 3.55. The number of aromatic nitrogens is 1. The Hall–Kier alpha value is -2.89. The number of aromatic amines is 1. The van der Waals surface area contributed by atoms with E-state index < -0.39 is 0 Å². The highest BCUT2D eigenvalue weighted by Crippen LogP contribution is 2.25. The van der Waals surface area contributed by atoms with E-state index in [1.165, 1.54) is 24.3 Å². The molecule has 0 saturated carbocycles. The van der Waals surface area contributed by atoms with Gasteiger partial charge in [0.1, 0.15) is 11.6 Å². The molecule has 1 aliphatic rings. The largest absolute Gasteiger partial charge is 0.368 e. The van der Waals surface area contributed by atoms with Crippen molar-refractivity contribution < 1.29 is 13.6 Å². The van der Waals surface area contributed by atoms with E-state index in [2.05, 4.69) is 9.88 Å². The van der Waals surface area contributed by atoms with E-state index in [1.807, 2.05) is 6.92 Å². The number of hydrogen-bond acceptors (Lipinski definition) is 2. The first kappa shape index (κ1) is 16.6. The fraction of sp³-hybridized carbons (Fsp3) is 0.250. The van der Waals surface area contributed by atoms with Gasteiger partial charge in [0.2, 0.25) is 0 Å². The molecule has 0 aliphatic carbocycles. The first-order valence-electron chi connectivity index (χ1n) is 8.60. The molecule has 0 unspecified atom stereocenters. The molecule has 1 saturated heterocycles. The lowest BCUT2D eigenvalue weighted by atomic mass is 10.1. The summed E-state index contributed by atoms with van der Waals surface area (Å²) in [5, 5.41) is 0.619. The number of amides is 1. The fourth-order valence-corrected chi connectivity index (χ4v) is 3.55. The molecule has 3 aromatic rings. The van der Waals surface area contributed by atoms with Gasteiger partial charge in [0.25, 0.3) is 5.91 Å². The van der Waals surface area contributed by atoms with Gasteiger partial charge in [-0.3, -0.25) is 4.79 Å². The minimum atomic E-state index is -0.355. The molecular formula is C20H19F2N3O. The van der Waals surface area contributed by atoms with Crippen molar-refractivity contribution in [1.29, 1.82) is 0 Å². The number of halogens is 2. The van der Waals surface area contributed by atoms with Gasteiger partial charge in [-0.1, -0.05) is 0 Å². The summed E-state index contributed by atoms with van der Waals surface area (Å²) in [4.78, 5) is 20.1. The third-order valence-corrected chi connectivity index (χ3v) is 4.92. The lowest BCUT2D eigenvalue weighted by Crippen LogP contribution is -2.48. The molecule has 1 aromatic heterocycles. The van der Waals surface area contributed by atoms with Crippen LogP contribution < -0.4 is 4.90 Å². The van der Waals surface area contributed by atoms with Gasteiger partial charge in [-0.2, -0.15) is 0 Å². The first-order valence-corrected chi connectivity index (χ1v) is 8.60. The van der Waals surface area contributed by atoms with Crippen LogP contribution in [0.5, 0.6) is 0 Å². The molecule has 0 spiro atoms. The van der Waals surface area contributed by atoms with Crippen molar-refractivity contribution in [2.45, 2.75) is 6.92 Å². The molecule has 1 aliphatic heterocycles. The highest BCUT2D eigenvalue weighted by molar-refractivity contribution is 6.08. The van der Waals surface area contributed by atoms with Crippen molar-refractivity contribution in [3.8, 4) is 0 Å². The van der Waals surface area contributed by atoms with Crippen LogP contribution in [0.25, 0.3) is 10.9 Å². The van der Waals surface area contributed by atoms with Crippen LogP contribution in [-0.2, 0) is 0 Å². The van der Waals surface area contributed by atoms with Gasteiger partial charge in [-0.05, 0) is 49.4 Å². The number of piperazine rings is 1. The Morgan fingerprint density at radius 2 is 1.62 bits per heavy atom. The van der Waals surface area contributed by atoms with Crippen LogP contribution in [0.2, 0.25) is 0 Å². The van der Waals surface area contributed by atoms with Crippen LogP contribution in [0.1, 0.15) is 16.1 Å². The number of benzene rings is 2. The zero-order chi connectivity index (χ0) is 18.3. The Labute approximate surface area is 150 Å². The Kier molecular flexibility index (Phi) is 4.11. The summed E-state index contributed by atoms with van der Waals surface area (Å²) in [5.74, 6) is -0.700. The molecule has 2 aromatic carbocycles. The minimum absolute atomic E-state index is 0.0851. The minimum Gasteiger partial charge on any atom is -0.368 e. The maximum Gasteiger partial charge on any atom is 0.256 e. The highest BCUT2D eigenvalue weighted by atomic mass is 19.1. The average Bonchev–Trinajstić information content (AvgIpc) is 2.97. The summed E-state index contributed by atoms with van der Waals surface area (Å²) in [6, 6.07) is 10.8. The van der Waals surface area contributed by atoms with Crippen molar-refractivity contribution in [2.24, 2.45) is 0 Å². The van der Waals surface area contributed by atoms with Gasteiger partial charge in [0.05, 0.1) is 5.56 Å². The smallest absolute Gasteiger partial charge is 0.256 e. The molecule has 6 heteroatoms. The van der Waals surface area contributed by atoms with Gasteiger partial charge >= 0.3 is 0 Å². The molecule has 1 amide bonds. The van der Waals surface area contributed by atoms with Crippen LogP contribution in [0, 0.1) is 18.6 Å². The molecule has 0 atom stereocenters. The molecule has 1 fully saturated rings. The zero-order valence-electron chi connectivity index (χ0n) is 14.4. The van der Waals surface area contributed by atoms with Crippen molar-refractivity contribution >= 4 is 22.5 Å². The van der Waals surface area contributed by atoms with E-state index >= 15 is 0 Å². The monoisotopic (exact) mass is 355 g/mol. The number of nitrogens with zero attached hydrogens (tertiary/aromatic N) is 2. The van der Waals surface area contributed by atoms with Gasteiger partial charge < -0.3 is 14.8 Å². The van der Waals surface area contributed by atoms with E-state index in [-0.39, 0.29) is 17.5 Å². The van der Waals surface area contributed by atoms with Crippen LogP contribution in [-0.4, -0.2) is 42.0 Å². The molecule has 134 valence electrons. The molecule has 26 heavy (non-hydrogen) atoms. The van der Waals surface area contributed by atoms with E-state index in [4.69, 9.17) is 0 Å². The van der Waals surface area contributed by atoms with Crippen molar-refractivity contribution in [3.63, 3.8) is 0 Å². The molecule has 0 radical (unpaired) electrons. The number of hydrogen-bond donors (Lipinski definition) is 1. The number of H-pyrrole nitrogens is 1. The van der Waals surface area contributed by atoms with Crippen LogP contribution in [0.4, 0.5) is 14.5 Å². The second-order valence-corrected chi connectivity index (χ2v) is 6.57. The lowest BCUT2D eigenvalue weighted by molar-refractivity contribution is 0.0748.